The molecule has 412 valence electrons. The van der Waals surface area contributed by atoms with Crippen LogP contribution in [0.5, 0.6) is 57.5 Å². The Morgan fingerprint density at radius 1 is 0.467 bits per heavy atom. The van der Waals surface area contributed by atoms with Gasteiger partial charge in [-0.2, -0.15) is 0 Å². The number of benzene rings is 4. The average Bonchev–Trinajstić information content (AvgIpc) is 3.42. The number of methoxy groups -OCH3 is 10. The number of rotatable bonds is 28. The average molecular weight is 1060 g/mol. The van der Waals surface area contributed by atoms with Gasteiger partial charge in [-0.05, 0) is 83.6 Å². The van der Waals surface area contributed by atoms with Crippen molar-refractivity contribution in [1.82, 2.24) is 0 Å². The standard InChI is InChI=1S/C58H80N2O14.ClH/c1-59(25-21-41-35-47(63-3)49(65-5)37-43(41)45(59)29-39-31-51(67-7)57(71-11)52(32-39)68-8)23-17-27-73-55(61)19-15-13-14-16-20-56(62)74-28-18-24-60(2)26-22-42-36-48(64-4)50(66-6)38-44(42)46(60)30-40-33-53(69-9)58(72-12)54(34-40)70-10;/h13-14,31-38,45-46H,15-30H2,1-12H3;1H/q+2;/p-1/b14-13+;/t45-,46-,59?,60?;/m1./s1. The van der Waals surface area contributed by atoms with Crippen LogP contribution in [-0.4, -0.2) is 145 Å². The van der Waals surface area contributed by atoms with Crippen LogP contribution in [0.3, 0.4) is 0 Å². The maximum Gasteiger partial charge on any atom is 0.306 e. The SMILES string of the molecule is COc1cc2c(cc1OC)[C@@H](Cc1cc(OC)c(OC)c(OC)c1)[N+](C)(CCCOC(=O)CC/C=C/CCC(=O)OCCC[N+]1(C)CCc3cc(OC)c(OC)cc3[C@H]1Cc1cc(OC)c(OC)c(OC)c1)CC2.[Cl-]. The highest BCUT2D eigenvalue weighted by Gasteiger charge is 2.42. The summed E-state index contributed by atoms with van der Waals surface area (Å²) < 4.78 is 69.8. The van der Waals surface area contributed by atoms with Gasteiger partial charge in [-0.15, -0.1) is 0 Å². The van der Waals surface area contributed by atoms with Crippen LogP contribution >= 0.6 is 0 Å². The van der Waals surface area contributed by atoms with E-state index in [9.17, 15) is 9.59 Å². The van der Waals surface area contributed by atoms with E-state index in [2.05, 4.69) is 38.4 Å². The number of nitrogens with zero attached hydrogens (tertiary/aromatic N) is 2. The Morgan fingerprint density at radius 3 is 1.09 bits per heavy atom. The Kier molecular flexibility index (Phi) is 22.3. The summed E-state index contributed by atoms with van der Waals surface area (Å²) in [5.74, 6) is 5.81. The number of hydrogen-bond acceptors (Lipinski definition) is 14. The quantitative estimate of drug-likeness (QED) is 0.0283. The predicted molar refractivity (Wildman–Crippen MR) is 282 cm³/mol. The molecule has 0 saturated carbocycles. The molecular formula is C58H80ClN2O14+. The molecule has 2 aliphatic heterocycles. The molecular weight excluding hydrogens is 984 g/mol. The van der Waals surface area contributed by atoms with Gasteiger partial charge in [0.2, 0.25) is 11.5 Å². The molecule has 4 aromatic rings. The number of halogens is 1. The number of quaternary nitrogens is 2. The fourth-order valence-corrected chi connectivity index (χ4v) is 10.8. The molecule has 6 rings (SSSR count). The third-order valence-electron chi connectivity index (χ3n) is 15.0. The smallest absolute Gasteiger partial charge is 0.306 e. The fraction of sp³-hybridized carbons (Fsp3) is 0.517. The monoisotopic (exact) mass is 1060 g/mol. The molecule has 0 N–H and O–H groups in total. The minimum atomic E-state index is -0.246. The van der Waals surface area contributed by atoms with Gasteiger partial charge in [-0.25, -0.2) is 0 Å². The van der Waals surface area contributed by atoms with Gasteiger partial charge < -0.3 is 78.2 Å². The van der Waals surface area contributed by atoms with Crippen LogP contribution in [-0.2, 0) is 44.7 Å². The summed E-state index contributed by atoms with van der Waals surface area (Å²) in [5.41, 5.74) is 6.93. The van der Waals surface area contributed by atoms with E-state index in [4.69, 9.17) is 56.8 Å². The van der Waals surface area contributed by atoms with Crippen molar-refractivity contribution in [3.63, 3.8) is 0 Å². The Hall–Kier alpha value is -6.23. The highest BCUT2D eigenvalue weighted by Crippen LogP contribution is 2.47. The molecule has 2 heterocycles. The Morgan fingerprint density at radius 2 is 0.787 bits per heavy atom. The molecule has 0 spiro atoms. The van der Waals surface area contributed by atoms with Crippen molar-refractivity contribution in [3.8, 4) is 57.5 Å². The molecule has 0 bridgehead atoms. The van der Waals surface area contributed by atoms with Crippen LogP contribution in [0.4, 0.5) is 0 Å². The van der Waals surface area contributed by atoms with Gasteiger partial charge in [-0.3, -0.25) is 9.59 Å². The largest absolute Gasteiger partial charge is 1.00 e. The maximum absolute atomic E-state index is 12.9. The molecule has 2 unspecified atom stereocenters. The third kappa shape index (κ3) is 14.4. The molecule has 4 atom stereocenters. The van der Waals surface area contributed by atoms with E-state index < -0.39 is 0 Å². The highest BCUT2D eigenvalue weighted by molar-refractivity contribution is 5.70. The first-order valence-electron chi connectivity index (χ1n) is 25.5. The van der Waals surface area contributed by atoms with Gasteiger partial charge in [0.15, 0.2) is 46.0 Å². The molecule has 0 aliphatic carbocycles. The summed E-state index contributed by atoms with van der Waals surface area (Å²) in [5, 5.41) is 0. The lowest BCUT2D eigenvalue weighted by Crippen LogP contribution is -3.00. The first-order valence-corrected chi connectivity index (χ1v) is 25.5. The van der Waals surface area contributed by atoms with Crippen molar-refractivity contribution in [1.29, 1.82) is 0 Å². The molecule has 17 heteroatoms. The molecule has 0 aromatic heterocycles. The lowest BCUT2D eigenvalue weighted by molar-refractivity contribution is -0.941. The summed E-state index contributed by atoms with van der Waals surface area (Å²) in [6.07, 6.45) is 9.94. The van der Waals surface area contributed by atoms with Crippen molar-refractivity contribution in [2.45, 2.75) is 76.3 Å². The number of esters is 2. The number of carbonyl (C=O) groups excluding carboxylic acids is 2. The van der Waals surface area contributed by atoms with Crippen LogP contribution in [0, 0.1) is 0 Å². The lowest BCUT2D eigenvalue weighted by atomic mass is 9.86. The summed E-state index contributed by atoms with van der Waals surface area (Å²) >= 11 is 0. The van der Waals surface area contributed by atoms with E-state index in [1.807, 2.05) is 36.4 Å². The van der Waals surface area contributed by atoms with Crippen molar-refractivity contribution in [2.75, 3.05) is 125 Å². The Balaban J connectivity index is 0.0000104. The predicted octanol–water partition coefficient (Wildman–Crippen LogP) is 6.03. The fourth-order valence-electron chi connectivity index (χ4n) is 10.8. The topological polar surface area (TPSA) is 145 Å². The number of allylic oxidation sites excluding steroid dienone is 2. The van der Waals surface area contributed by atoms with E-state index in [0.717, 1.165) is 59.1 Å². The molecule has 75 heavy (non-hydrogen) atoms. The highest BCUT2D eigenvalue weighted by atomic mass is 35.5. The summed E-state index contributed by atoms with van der Waals surface area (Å²) in [6.45, 7) is 4.02. The van der Waals surface area contributed by atoms with Gasteiger partial charge >= 0.3 is 11.9 Å². The van der Waals surface area contributed by atoms with Crippen LogP contribution in [0.25, 0.3) is 0 Å². The molecule has 16 nitrogen and oxygen atoms in total. The molecule has 4 aromatic carbocycles. The second-order valence-electron chi connectivity index (χ2n) is 19.4. The number of carbonyl (C=O) groups is 2. The molecule has 0 amide bonds. The van der Waals surface area contributed by atoms with Crippen LogP contribution < -0.4 is 59.8 Å². The van der Waals surface area contributed by atoms with Crippen molar-refractivity contribution in [2.24, 2.45) is 0 Å². The van der Waals surface area contributed by atoms with Gasteiger partial charge in [0.1, 0.15) is 12.1 Å². The maximum atomic E-state index is 12.9. The molecule has 2 aliphatic rings. The van der Waals surface area contributed by atoms with Crippen molar-refractivity contribution >= 4 is 11.9 Å². The van der Waals surface area contributed by atoms with E-state index in [-0.39, 0.29) is 49.3 Å². The zero-order chi connectivity index (χ0) is 53.4. The van der Waals surface area contributed by atoms with E-state index in [1.165, 1.54) is 22.3 Å². The normalized spacial score (nSPS) is 18.6. The zero-order valence-electron chi connectivity index (χ0n) is 46.2. The van der Waals surface area contributed by atoms with E-state index >= 15 is 0 Å². The summed E-state index contributed by atoms with van der Waals surface area (Å²) in [6, 6.07) is 16.5. The minimum absolute atomic E-state index is 0. The van der Waals surface area contributed by atoms with E-state index in [0.29, 0.717) is 109 Å². The molecule has 0 radical (unpaired) electrons. The molecule has 0 saturated heterocycles. The molecule has 0 fully saturated rings. The summed E-state index contributed by atoms with van der Waals surface area (Å²) in [7, 11) is 20.9. The van der Waals surface area contributed by atoms with Crippen LogP contribution in [0.15, 0.2) is 60.7 Å². The Bertz CT molecular complexity index is 2350. The van der Waals surface area contributed by atoms with Gasteiger partial charge in [0.25, 0.3) is 0 Å². The number of ether oxygens (including phenoxy) is 12. The number of hydrogen-bond donors (Lipinski definition) is 0. The second kappa shape index (κ2) is 28.1. The van der Waals surface area contributed by atoms with Crippen molar-refractivity contribution < 1.29 is 87.8 Å². The van der Waals surface area contributed by atoms with Gasteiger partial charge in [0.05, 0.1) is 125 Å². The van der Waals surface area contributed by atoms with Crippen LogP contribution in [0.2, 0.25) is 0 Å². The lowest BCUT2D eigenvalue weighted by Gasteiger charge is -2.46. The summed E-state index contributed by atoms with van der Waals surface area (Å²) in [4.78, 5) is 25.7. The van der Waals surface area contributed by atoms with Gasteiger partial charge in [-0.1, -0.05) is 12.2 Å². The second-order valence-corrected chi connectivity index (χ2v) is 19.4. The Labute approximate surface area is 450 Å². The minimum Gasteiger partial charge on any atom is -1.00 e. The van der Waals surface area contributed by atoms with E-state index in [1.54, 1.807) is 71.1 Å². The van der Waals surface area contributed by atoms with Gasteiger partial charge in [0, 0.05) is 62.5 Å². The number of fused-ring (bicyclic) bond motifs is 2. The third-order valence-corrected chi connectivity index (χ3v) is 15.0. The number of likely N-dealkylation sites (N-methyl/N-ethyl adjacent to an activating group) is 2. The van der Waals surface area contributed by atoms with Crippen molar-refractivity contribution in [3.05, 3.63) is 94.1 Å². The first kappa shape index (κ1) is 59.6. The zero-order valence-corrected chi connectivity index (χ0v) is 47.0. The van der Waals surface area contributed by atoms with Crippen LogP contribution in [0.1, 0.15) is 84.0 Å². The first-order chi connectivity index (χ1) is 35.7.